The zero-order valence-corrected chi connectivity index (χ0v) is 35.5. The van der Waals surface area contributed by atoms with Crippen LogP contribution in [0.1, 0.15) is 107 Å². The number of nitrogens with zero attached hydrogens (tertiary/aromatic N) is 4. The molecule has 0 aliphatic carbocycles. The van der Waals surface area contributed by atoms with Gasteiger partial charge in [-0.15, -0.1) is 0 Å². The molecule has 1 saturated heterocycles. The van der Waals surface area contributed by atoms with E-state index in [9.17, 15) is 33.6 Å². The summed E-state index contributed by atoms with van der Waals surface area (Å²) in [5.74, 6) is -2.74. The highest BCUT2D eigenvalue weighted by molar-refractivity contribution is 6.12. The summed E-state index contributed by atoms with van der Waals surface area (Å²) in [7, 11) is 6.39. The SMILES string of the molecule is CC[C@H](C)C([C@@H](CC(=O)N1CCC[C@H]1[C@H](OC)[C@@H](C)C(C)=O)OC)N(C)C(=O)[C@@H](NC(=O)[C@H](C(C)C)N(C)C(=O)CCCCCN1C(=O)C=CC1=O)C(C)C. The first-order valence-electron chi connectivity index (χ1n) is 20.1. The number of hydrogen-bond donors (Lipinski definition) is 1. The standard InChI is InChI=1S/C41H69N5O9/c1-13-27(6)38(31(54-11)24-35(51)45-23-17-18-30(45)39(55-12)28(7)29(8)47)44(10)41(53)36(25(2)3)42-40(52)37(26(4)5)43(9)32(48)19-15-14-16-22-46-33(49)20-21-34(46)50/h20-21,25-28,30-31,36-39H,13-19,22-24H2,1-12H3,(H,42,52)/t27-,28-,30-,31+,36-,37-,38?,39+/m0/s1. The molecule has 2 aliphatic heterocycles. The number of carbonyl (C=O) groups is 7. The lowest BCUT2D eigenvalue weighted by atomic mass is 9.89. The number of ketones is 1. The number of ether oxygens (including phenoxy) is 2. The van der Waals surface area contributed by atoms with Crippen LogP contribution in [0.3, 0.4) is 0 Å². The molecule has 2 aliphatic rings. The number of carbonyl (C=O) groups excluding carboxylic acids is 7. The number of Topliss-reactive ketones (excluding diaryl/α,β-unsaturated/α-hetero) is 1. The maximum absolute atomic E-state index is 14.4. The van der Waals surface area contributed by atoms with Gasteiger partial charge < -0.3 is 29.5 Å². The quantitative estimate of drug-likeness (QED) is 0.121. The van der Waals surface area contributed by atoms with Gasteiger partial charge in [-0.3, -0.25) is 38.5 Å². The second-order valence-electron chi connectivity index (χ2n) is 16.1. The van der Waals surface area contributed by atoms with E-state index in [4.69, 9.17) is 9.47 Å². The lowest BCUT2D eigenvalue weighted by Gasteiger charge is -2.41. The van der Waals surface area contributed by atoms with Crippen molar-refractivity contribution in [1.29, 1.82) is 0 Å². The molecule has 14 nitrogen and oxygen atoms in total. The van der Waals surface area contributed by atoms with E-state index in [-0.39, 0.29) is 77.9 Å². The molecule has 312 valence electrons. The van der Waals surface area contributed by atoms with Crippen molar-refractivity contribution in [3.05, 3.63) is 12.2 Å². The van der Waals surface area contributed by atoms with Gasteiger partial charge in [-0.1, -0.05) is 61.3 Å². The Morgan fingerprint density at radius 1 is 0.891 bits per heavy atom. The predicted molar refractivity (Wildman–Crippen MR) is 209 cm³/mol. The number of methoxy groups -OCH3 is 2. The van der Waals surface area contributed by atoms with Gasteiger partial charge in [-0.05, 0) is 50.4 Å². The topological polar surface area (TPSA) is 163 Å². The molecule has 2 rings (SSSR count). The van der Waals surface area contributed by atoms with Crippen molar-refractivity contribution in [2.45, 2.75) is 143 Å². The Labute approximate surface area is 329 Å². The zero-order valence-electron chi connectivity index (χ0n) is 35.5. The molecule has 14 heteroatoms. The molecule has 0 radical (unpaired) electrons. The van der Waals surface area contributed by atoms with Crippen LogP contribution in [0.25, 0.3) is 0 Å². The number of unbranched alkanes of at least 4 members (excludes halogenated alkanes) is 2. The zero-order chi connectivity index (χ0) is 41.7. The van der Waals surface area contributed by atoms with Crippen LogP contribution in [0.2, 0.25) is 0 Å². The molecule has 0 aromatic rings. The summed E-state index contributed by atoms with van der Waals surface area (Å²) in [5, 5.41) is 2.97. The maximum atomic E-state index is 14.4. The van der Waals surface area contributed by atoms with Crippen molar-refractivity contribution in [3.8, 4) is 0 Å². The minimum Gasteiger partial charge on any atom is -0.379 e. The third kappa shape index (κ3) is 12.4. The third-order valence-electron chi connectivity index (χ3n) is 11.6. The Morgan fingerprint density at radius 3 is 2.02 bits per heavy atom. The first kappa shape index (κ1) is 47.5. The van der Waals surface area contributed by atoms with E-state index < -0.39 is 36.2 Å². The van der Waals surface area contributed by atoms with Gasteiger partial charge in [0.2, 0.25) is 23.6 Å². The van der Waals surface area contributed by atoms with Crippen molar-refractivity contribution in [1.82, 2.24) is 24.9 Å². The van der Waals surface area contributed by atoms with Gasteiger partial charge in [0.15, 0.2) is 0 Å². The Balaban J connectivity index is 2.17. The van der Waals surface area contributed by atoms with Crippen LogP contribution in [0, 0.1) is 23.7 Å². The first-order chi connectivity index (χ1) is 25.8. The first-order valence-corrected chi connectivity index (χ1v) is 20.1. The molecule has 1 N–H and O–H groups in total. The fourth-order valence-corrected chi connectivity index (χ4v) is 7.99. The Bertz CT molecular complexity index is 1370. The van der Waals surface area contributed by atoms with Gasteiger partial charge in [0, 0.05) is 65.9 Å². The van der Waals surface area contributed by atoms with E-state index in [1.807, 2.05) is 48.5 Å². The van der Waals surface area contributed by atoms with E-state index >= 15 is 0 Å². The van der Waals surface area contributed by atoms with Gasteiger partial charge in [0.1, 0.15) is 17.9 Å². The largest absolute Gasteiger partial charge is 0.379 e. The highest BCUT2D eigenvalue weighted by Gasteiger charge is 2.43. The van der Waals surface area contributed by atoms with Crippen molar-refractivity contribution >= 4 is 41.2 Å². The van der Waals surface area contributed by atoms with Crippen LogP contribution in [-0.2, 0) is 43.0 Å². The van der Waals surface area contributed by atoms with Crippen LogP contribution in [-0.4, -0.2) is 139 Å². The molecular formula is C41H69N5O9. The summed E-state index contributed by atoms with van der Waals surface area (Å²) in [6.45, 7) is 15.6. The van der Waals surface area contributed by atoms with Crippen LogP contribution < -0.4 is 5.32 Å². The Hall–Kier alpha value is -3.65. The lowest BCUT2D eigenvalue weighted by Crippen LogP contribution is -2.60. The third-order valence-corrected chi connectivity index (χ3v) is 11.6. The molecule has 0 saturated carbocycles. The summed E-state index contributed by atoms with van der Waals surface area (Å²) < 4.78 is 11.7. The molecule has 55 heavy (non-hydrogen) atoms. The average molecular weight is 776 g/mol. The highest BCUT2D eigenvalue weighted by Crippen LogP contribution is 2.30. The molecule has 0 spiro atoms. The molecule has 6 amide bonds. The van der Waals surface area contributed by atoms with E-state index in [1.165, 1.54) is 36.0 Å². The molecule has 0 aromatic carbocycles. The molecule has 1 fully saturated rings. The van der Waals surface area contributed by atoms with E-state index in [1.54, 1.807) is 31.0 Å². The normalized spacial score (nSPS) is 19.6. The predicted octanol–water partition coefficient (Wildman–Crippen LogP) is 3.60. The van der Waals surface area contributed by atoms with E-state index in [0.717, 1.165) is 12.8 Å². The Kier molecular flexibility index (Phi) is 19.2. The fraction of sp³-hybridized carbons (Fsp3) is 0.780. The second-order valence-corrected chi connectivity index (χ2v) is 16.1. The summed E-state index contributed by atoms with van der Waals surface area (Å²) >= 11 is 0. The summed E-state index contributed by atoms with van der Waals surface area (Å²) in [4.78, 5) is 97.4. The fourth-order valence-electron chi connectivity index (χ4n) is 7.99. The van der Waals surface area contributed by atoms with Crippen LogP contribution in [0.15, 0.2) is 12.2 Å². The number of amides is 6. The van der Waals surface area contributed by atoms with Gasteiger partial charge in [0.25, 0.3) is 11.8 Å². The summed E-state index contributed by atoms with van der Waals surface area (Å²) in [6.07, 6.45) is 5.59. The van der Waals surface area contributed by atoms with E-state index in [2.05, 4.69) is 5.32 Å². The molecular weight excluding hydrogens is 706 g/mol. The van der Waals surface area contributed by atoms with Crippen molar-refractivity contribution < 1.29 is 43.0 Å². The Morgan fingerprint density at radius 2 is 1.51 bits per heavy atom. The number of rotatable bonds is 23. The summed E-state index contributed by atoms with van der Waals surface area (Å²) in [6, 6.07) is -2.48. The second kappa shape index (κ2) is 22.2. The van der Waals surface area contributed by atoms with Gasteiger partial charge in [0.05, 0.1) is 30.7 Å². The number of likely N-dealkylation sites (tertiary alicyclic amines) is 1. The van der Waals surface area contributed by atoms with Crippen LogP contribution >= 0.6 is 0 Å². The lowest BCUT2D eigenvalue weighted by molar-refractivity contribution is -0.148. The van der Waals surface area contributed by atoms with Crippen LogP contribution in [0.5, 0.6) is 0 Å². The molecule has 2 heterocycles. The molecule has 1 unspecified atom stereocenters. The molecule has 8 atom stereocenters. The maximum Gasteiger partial charge on any atom is 0.253 e. The van der Waals surface area contributed by atoms with Gasteiger partial charge in [-0.25, -0.2) is 0 Å². The molecule has 0 aromatic heterocycles. The van der Waals surface area contributed by atoms with Crippen LogP contribution in [0.4, 0.5) is 0 Å². The van der Waals surface area contributed by atoms with Gasteiger partial charge >= 0.3 is 0 Å². The minimum absolute atomic E-state index is 0.000436. The molecule has 0 bridgehead atoms. The highest BCUT2D eigenvalue weighted by atomic mass is 16.5. The summed E-state index contributed by atoms with van der Waals surface area (Å²) in [5.41, 5.74) is 0. The smallest absolute Gasteiger partial charge is 0.253 e. The number of hydrogen-bond acceptors (Lipinski definition) is 9. The van der Waals surface area contributed by atoms with E-state index in [0.29, 0.717) is 38.8 Å². The van der Waals surface area contributed by atoms with Crippen molar-refractivity contribution in [2.24, 2.45) is 23.7 Å². The number of likely N-dealkylation sites (N-methyl/N-ethyl adjacent to an activating group) is 2. The van der Waals surface area contributed by atoms with Crippen molar-refractivity contribution in [2.75, 3.05) is 41.4 Å². The van der Waals surface area contributed by atoms with Crippen molar-refractivity contribution in [3.63, 3.8) is 0 Å². The monoisotopic (exact) mass is 776 g/mol. The number of imide groups is 1. The minimum atomic E-state index is -0.911. The average Bonchev–Trinajstić information content (AvgIpc) is 3.75. The number of nitrogens with one attached hydrogen (secondary N) is 1. The van der Waals surface area contributed by atoms with Gasteiger partial charge in [-0.2, -0.15) is 0 Å².